The molecular formula is C26H24F2N3O5PS. The van der Waals surface area contributed by atoms with E-state index in [1.165, 1.54) is 46.9 Å². The van der Waals surface area contributed by atoms with Crippen molar-refractivity contribution in [3.63, 3.8) is 0 Å². The lowest BCUT2D eigenvalue weighted by atomic mass is 9.93. The number of morpholine rings is 1. The summed E-state index contributed by atoms with van der Waals surface area (Å²) in [6, 6.07) is 9.29. The Labute approximate surface area is 221 Å². The Morgan fingerprint density at radius 1 is 1.11 bits per heavy atom. The number of aromatic hydroxyl groups is 1. The first-order chi connectivity index (χ1) is 18.1. The van der Waals surface area contributed by atoms with Crippen molar-refractivity contribution >= 4 is 30.1 Å². The third kappa shape index (κ3) is 3.71. The van der Waals surface area contributed by atoms with Crippen LogP contribution in [0, 0.1) is 11.6 Å². The lowest BCUT2D eigenvalue weighted by molar-refractivity contribution is -0.0197. The Morgan fingerprint density at radius 3 is 2.63 bits per heavy atom. The van der Waals surface area contributed by atoms with Crippen molar-refractivity contribution < 1.29 is 28.0 Å². The van der Waals surface area contributed by atoms with E-state index < -0.39 is 48.1 Å². The van der Waals surface area contributed by atoms with Gasteiger partial charge in [-0.1, -0.05) is 24.3 Å². The highest BCUT2D eigenvalue weighted by molar-refractivity contribution is 7.98. The van der Waals surface area contributed by atoms with Crippen LogP contribution < -0.4 is 15.7 Å². The van der Waals surface area contributed by atoms with Crippen LogP contribution in [0.25, 0.3) is 0 Å². The summed E-state index contributed by atoms with van der Waals surface area (Å²) in [6.45, 7) is 3.36. The number of fused-ring (bicyclic) bond motifs is 4. The first-order valence-corrected chi connectivity index (χ1v) is 15.6. The van der Waals surface area contributed by atoms with Gasteiger partial charge in [-0.05, 0) is 36.6 Å². The minimum Gasteiger partial charge on any atom is -0.502 e. The molecule has 8 nitrogen and oxygen atoms in total. The Hall–Kier alpha value is -3.14. The molecule has 0 saturated carbocycles. The molecule has 3 aliphatic heterocycles. The SMILES string of the molecule is CP(C)(=O)c1cn2c(c(O)c1=O)C(=O)N1CCOC[C@H]1N2[C@@H]1c2ccccc2SCc2c1ccc(F)c2F. The van der Waals surface area contributed by atoms with Gasteiger partial charge in [0.1, 0.15) is 13.3 Å². The first kappa shape index (κ1) is 25.2. The summed E-state index contributed by atoms with van der Waals surface area (Å²) in [4.78, 5) is 29.0. The number of pyridine rings is 1. The van der Waals surface area contributed by atoms with Crippen LogP contribution >= 0.6 is 18.9 Å². The minimum absolute atomic E-state index is 0.0914. The highest BCUT2D eigenvalue weighted by atomic mass is 32.2. The van der Waals surface area contributed by atoms with Gasteiger partial charge in [0.05, 0.1) is 24.6 Å². The maximum Gasteiger partial charge on any atom is 0.278 e. The van der Waals surface area contributed by atoms with Gasteiger partial charge in [0, 0.05) is 29.0 Å². The maximum atomic E-state index is 15.2. The Kier molecular flexibility index (Phi) is 5.93. The summed E-state index contributed by atoms with van der Waals surface area (Å²) in [5, 5.41) is 12.6. The Bertz CT molecular complexity index is 1610. The molecule has 3 aliphatic rings. The average molecular weight is 560 g/mol. The second kappa shape index (κ2) is 8.97. The van der Waals surface area contributed by atoms with Crippen molar-refractivity contribution in [3.8, 4) is 5.75 Å². The van der Waals surface area contributed by atoms with Crippen molar-refractivity contribution in [2.75, 3.05) is 38.1 Å². The van der Waals surface area contributed by atoms with Crippen LogP contribution in [0.1, 0.15) is 33.2 Å². The van der Waals surface area contributed by atoms with Crippen LogP contribution in [0.3, 0.4) is 0 Å². The number of ether oxygens (including phenoxy) is 1. The summed E-state index contributed by atoms with van der Waals surface area (Å²) >= 11 is 1.37. The third-order valence-corrected chi connectivity index (χ3v) is 9.82. The van der Waals surface area contributed by atoms with Crippen molar-refractivity contribution in [3.05, 3.63) is 86.8 Å². The molecule has 1 N–H and O–H groups in total. The molecule has 198 valence electrons. The van der Waals surface area contributed by atoms with E-state index in [1.54, 1.807) is 5.01 Å². The number of amides is 1. The van der Waals surface area contributed by atoms with Crippen LogP contribution in [0.5, 0.6) is 5.75 Å². The zero-order valence-corrected chi connectivity index (χ0v) is 22.3. The van der Waals surface area contributed by atoms with E-state index in [9.17, 15) is 23.7 Å². The smallest absolute Gasteiger partial charge is 0.278 e. The number of aromatic nitrogens is 1. The zero-order valence-electron chi connectivity index (χ0n) is 20.6. The minimum atomic E-state index is -3.20. The van der Waals surface area contributed by atoms with Crippen LogP contribution in [-0.2, 0) is 15.1 Å². The highest BCUT2D eigenvalue weighted by Crippen LogP contribution is 2.45. The number of hydrogen-bond donors (Lipinski definition) is 1. The molecule has 38 heavy (non-hydrogen) atoms. The largest absolute Gasteiger partial charge is 0.502 e. The molecule has 0 bridgehead atoms. The average Bonchev–Trinajstić information content (AvgIpc) is 3.05. The van der Waals surface area contributed by atoms with Gasteiger partial charge in [-0.2, -0.15) is 0 Å². The molecule has 0 aliphatic carbocycles. The first-order valence-electron chi connectivity index (χ1n) is 12.0. The van der Waals surface area contributed by atoms with Gasteiger partial charge in [0.2, 0.25) is 5.43 Å². The molecule has 0 unspecified atom stereocenters. The molecule has 1 saturated heterocycles. The number of benzene rings is 2. The fourth-order valence-corrected chi connectivity index (χ4v) is 7.51. The fraction of sp³-hybridized carbons (Fsp3) is 0.308. The van der Waals surface area contributed by atoms with Crippen LogP contribution in [-0.4, -0.2) is 59.8 Å². The standard InChI is InChI=1S/C26H24F2N3O5PS/c1-37(2,35)18-11-30-23(25(33)24(18)32)26(34)29-9-10-36-12-20(29)31(30)22-14-7-8-17(27)21(28)16(14)13-38-19-6-4-3-5-15(19)22/h3-8,11,20,22,33H,9-10,12-13H2,1-2H3/t20-,22+/m1/s1. The lowest BCUT2D eigenvalue weighted by Crippen LogP contribution is -2.66. The van der Waals surface area contributed by atoms with Crippen LogP contribution in [0.2, 0.25) is 0 Å². The summed E-state index contributed by atoms with van der Waals surface area (Å²) in [6.07, 6.45) is 0.621. The highest BCUT2D eigenvalue weighted by Gasteiger charge is 2.47. The van der Waals surface area contributed by atoms with Gasteiger partial charge in [0.25, 0.3) is 5.91 Å². The molecular weight excluding hydrogens is 535 g/mol. The van der Waals surface area contributed by atoms with E-state index in [4.69, 9.17) is 4.74 Å². The topological polar surface area (TPSA) is 92.1 Å². The van der Waals surface area contributed by atoms with E-state index in [0.717, 1.165) is 16.5 Å². The maximum absolute atomic E-state index is 15.2. The molecule has 1 fully saturated rings. The summed E-state index contributed by atoms with van der Waals surface area (Å²) in [5.74, 6) is -3.11. The normalized spacial score (nSPS) is 20.8. The molecule has 0 radical (unpaired) electrons. The predicted octanol–water partition coefficient (Wildman–Crippen LogP) is 3.23. The molecule has 6 rings (SSSR count). The second-order valence-corrected chi connectivity index (χ2v) is 14.0. The van der Waals surface area contributed by atoms with Gasteiger partial charge in [-0.25, -0.2) is 8.78 Å². The second-order valence-electron chi connectivity index (χ2n) is 9.83. The predicted molar refractivity (Wildman–Crippen MR) is 140 cm³/mol. The van der Waals surface area contributed by atoms with Gasteiger partial charge in [0.15, 0.2) is 23.1 Å². The number of carbonyl (C=O) groups is 1. The zero-order chi connectivity index (χ0) is 26.9. The van der Waals surface area contributed by atoms with Crippen molar-refractivity contribution in [1.82, 2.24) is 9.58 Å². The van der Waals surface area contributed by atoms with E-state index in [0.29, 0.717) is 5.56 Å². The lowest BCUT2D eigenvalue weighted by Gasteiger charge is -2.51. The van der Waals surface area contributed by atoms with Gasteiger partial charge in [-0.15, -0.1) is 11.8 Å². The monoisotopic (exact) mass is 559 g/mol. The molecule has 1 aromatic heterocycles. The fourth-order valence-electron chi connectivity index (χ4n) is 5.41. The summed E-state index contributed by atoms with van der Waals surface area (Å²) in [5.41, 5.74) is 0.283. The molecule has 4 heterocycles. The number of carbonyl (C=O) groups excluding carboxylic acids is 1. The Balaban J connectivity index is 1.71. The van der Waals surface area contributed by atoms with Crippen molar-refractivity contribution in [1.29, 1.82) is 0 Å². The van der Waals surface area contributed by atoms with E-state index >= 15 is 4.39 Å². The summed E-state index contributed by atoms with van der Waals surface area (Å²) in [7, 11) is -3.20. The van der Waals surface area contributed by atoms with Crippen molar-refractivity contribution in [2.24, 2.45) is 0 Å². The van der Waals surface area contributed by atoms with Gasteiger partial charge in [-0.3, -0.25) is 19.3 Å². The third-order valence-electron chi connectivity index (χ3n) is 7.22. The molecule has 12 heteroatoms. The van der Waals surface area contributed by atoms with E-state index in [1.807, 2.05) is 24.3 Å². The molecule has 1 amide bonds. The van der Waals surface area contributed by atoms with Gasteiger partial charge < -0.3 is 19.3 Å². The quantitative estimate of drug-likeness (QED) is 0.482. The number of rotatable bonds is 2. The van der Waals surface area contributed by atoms with E-state index in [-0.39, 0.29) is 42.1 Å². The number of nitrogens with zero attached hydrogens (tertiary/aromatic N) is 3. The molecule has 2 atom stereocenters. The summed E-state index contributed by atoms with van der Waals surface area (Å²) < 4.78 is 49.9. The Morgan fingerprint density at radius 2 is 1.87 bits per heavy atom. The van der Waals surface area contributed by atoms with Crippen LogP contribution in [0.4, 0.5) is 8.78 Å². The van der Waals surface area contributed by atoms with E-state index in [2.05, 4.69) is 0 Å². The molecule has 2 aromatic carbocycles. The van der Waals surface area contributed by atoms with Gasteiger partial charge >= 0.3 is 0 Å². The molecule has 3 aromatic rings. The molecule has 0 spiro atoms. The van der Waals surface area contributed by atoms with Crippen LogP contribution in [0.15, 0.2) is 52.3 Å². The number of thioether (sulfide) groups is 1. The number of hydrogen-bond acceptors (Lipinski definition) is 7. The number of halogens is 2. The van der Waals surface area contributed by atoms with Crippen molar-refractivity contribution in [2.45, 2.75) is 22.9 Å².